The number of amides is 1. The van der Waals surface area contributed by atoms with Crippen LogP contribution in [0.2, 0.25) is 0 Å². The van der Waals surface area contributed by atoms with E-state index in [4.69, 9.17) is 0 Å². The van der Waals surface area contributed by atoms with Gasteiger partial charge in [0.25, 0.3) is 0 Å². The van der Waals surface area contributed by atoms with Crippen molar-refractivity contribution in [3.63, 3.8) is 0 Å². The third kappa shape index (κ3) is 2.69. The molecule has 0 saturated heterocycles. The van der Waals surface area contributed by atoms with Crippen molar-refractivity contribution in [2.24, 2.45) is 0 Å². The quantitative estimate of drug-likeness (QED) is 0.776. The van der Waals surface area contributed by atoms with Gasteiger partial charge in [-0.2, -0.15) is 0 Å². The van der Waals surface area contributed by atoms with E-state index in [1.807, 2.05) is 14.1 Å². The van der Waals surface area contributed by atoms with Crippen LogP contribution in [0.4, 0.5) is 11.6 Å². The fraction of sp³-hybridized carbons (Fsp3) is 0.444. The van der Waals surface area contributed by atoms with Crippen LogP contribution in [0.25, 0.3) is 0 Å². The summed E-state index contributed by atoms with van der Waals surface area (Å²) in [5.74, 6) is 0.589. The van der Waals surface area contributed by atoms with Crippen LogP contribution in [0.5, 0.6) is 0 Å². The van der Waals surface area contributed by atoms with E-state index in [2.05, 4.69) is 15.3 Å². The predicted molar refractivity (Wildman–Crippen MR) is 55.3 cm³/mol. The van der Waals surface area contributed by atoms with E-state index in [1.165, 1.54) is 0 Å². The molecule has 0 aromatic carbocycles. The monoisotopic (exact) mass is 194 g/mol. The molecule has 0 atom stereocenters. The van der Waals surface area contributed by atoms with Crippen molar-refractivity contribution >= 4 is 17.5 Å². The predicted octanol–water partition coefficient (Wildman–Crippen LogP) is 0.891. The lowest BCUT2D eigenvalue weighted by atomic mass is 10.4. The number of rotatable bonds is 3. The molecule has 1 N–H and O–H groups in total. The molecule has 5 heteroatoms. The van der Waals surface area contributed by atoms with Crippen LogP contribution in [0.1, 0.15) is 13.3 Å². The molecule has 0 saturated carbocycles. The molecule has 0 aliphatic heterocycles. The maximum absolute atomic E-state index is 11.0. The van der Waals surface area contributed by atoms with Gasteiger partial charge in [0.15, 0.2) is 0 Å². The van der Waals surface area contributed by atoms with E-state index in [0.717, 1.165) is 0 Å². The Morgan fingerprint density at radius 1 is 1.43 bits per heavy atom. The number of hydrogen-bond donors (Lipinski definition) is 1. The van der Waals surface area contributed by atoms with Gasteiger partial charge in [-0.25, -0.2) is 9.97 Å². The molecule has 0 spiro atoms. The summed E-state index contributed by atoms with van der Waals surface area (Å²) >= 11 is 0. The van der Waals surface area contributed by atoms with Gasteiger partial charge in [0, 0.05) is 20.5 Å². The first kappa shape index (κ1) is 10.4. The van der Waals surface area contributed by atoms with E-state index in [0.29, 0.717) is 18.1 Å². The molecule has 1 aromatic heterocycles. The van der Waals surface area contributed by atoms with Crippen molar-refractivity contribution in [1.29, 1.82) is 0 Å². The lowest BCUT2D eigenvalue weighted by Gasteiger charge is -2.09. The smallest absolute Gasteiger partial charge is 0.224 e. The maximum Gasteiger partial charge on any atom is 0.224 e. The summed E-state index contributed by atoms with van der Waals surface area (Å²) in [7, 11) is 3.72. The number of nitrogens with zero attached hydrogens (tertiary/aromatic N) is 3. The third-order valence-electron chi connectivity index (χ3n) is 1.64. The minimum Gasteiger partial charge on any atom is -0.347 e. The molecule has 1 heterocycles. The largest absolute Gasteiger partial charge is 0.347 e. The van der Waals surface area contributed by atoms with Crippen molar-refractivity contribution in [2.45, 2.75) is 13.3 Å². The number of carbonyl (C=O) groups excluding carboxylic acids is 1. The lowest BCUT2D eigenvalue weighted by Crippen LogP contribution is -2.14. The molecule has 0 radical (unpaired) electrons. The second kappa shape index (κ2) is 4.55. The van der Waals surface area contributed by atoms with Crippen molar-refractivity contribution in [1.82, 2.24) is 9.97 Å². The van der Waals surface area contributed by atoms with Crippen LogP contribution in [0, 0.1) is 0 Å². The highest BCUT2D eigenvalue weighted by molar-refractivity contribution is 5.90. The first-order chi connectivity index (χ1) is 6.63. The fourth-order valence-corrected chi connectivity index (χ4v) is 0.866. The number of anilines is 2. The van der Waals surface area contributed by atoms with Crippen molar-refractivity contribution in [3.8, 4) is 0 Å². The minimum absolute atomic E-state index is 0.0359. The summed E-state index contributed by atoms with van der Waals surface area (Å²) in [4.78, 5) is 21.0. The summed E-state index contributed by atoms with van der Waals surface area (Å²) in [6, 6.07) is 0. The van der Waals surface area contributed by atoms with Crippen LogP contribution < -0.4 is 10.2 Å². The number of aromatic nitrogens is 2. The van der Waals surface area contributed by atoms with E-state index >= 15 is 0 Å². The molecule has 1 amide bonds. The normalized spacial score (nSPS) is 9.64. The van der Waals surface area contributed by atoms with Gasteiger partial charge in [-0.05, 0) is 0 Å². The first-order valence-electron chi connectivity index (χ1n) is 4.42. The Labute approximate surface area is 83.2 Å². The molecule has 0 unspecified atom stereocenters. The number of nitrogens with one attached hydrogen (secondary N) is 1. The van der Waals surface area contributed by atoms with Crippen LogP contribution in [0.3, 0.4) is 0 Å². The van der Waals surface area contributed by atoms with Gasteiger partial charge in [-0.3, -0.25) is 4.79 Å². The highest BCUT2D eigenvalue weighted by atomic mass is 16.1. The lowest BCUT2D eigenvalue weighted by molar-refractivity contribution is -0.115. The fourth-order valence-electron chi connectivity index (χ4n) is 0.866. The van der Waals surface area contributed by atoms with Gasteiger partial charge in [0.2, 0.25) is 11.9 Å². The zero-order valence-corrected chi connectivity index (χ0v) is 8.61. The second-order valence-corrected chi connectivity index (χ2v) is 3.07. The average molecular weight is 194 g/mol. The van der Waals surface area contributed by atoms with Crippen molar-refractivity contribution < 1.29 is 4.79 Å². The SMILES string of the molecule is CCC(=O)Nc1cnc(N(C)C)nc1. The molecule has 0 fully saturated rings. The number of hydrogen-bond acceptors (Lipinski definition) is 4. The van der Waals surface area contributed by atoms with Crippen LogP contribution in [0.15, 0.2) is 12.4 Å². The summed E-state index contributed by atoms with van der Waals surface area (Å²) in [6.45, 7) is 1.80. The standard InChI is InChI=1S/C9H14N4O/c1-4-8(14)12-7-5-10-9(11-6-7)13(2)3/h5-6H,4H2,1-3H3,(H,12,14). The summed E-state index contributed by atoms with van der Waals surface area (Å²) < 4.78 is 0. The van der Waals surface area contributed by atoms with Gasteiger partial charge in [-0.1, -0.05) is 6.92 Å². The Kier molecular flexibility index (Phi) is 3.39. The zero-order chi connectivity index (χ0) is 10.6. The van der Waals surface area contributed by atoms with Crippen molar-refractivity contribution in [3.05, 3.63) is 12.4 Å². The Morgan fingerprint density at radius 2 is 2.00 bits per heavy atom. The summed E-state index contributed by atoms with van der Waals surface area (Å²) in [5, 5.41) is 2.68. The van der Waals surface area contributed by atoms with Crippen LogP contribution >= 0.6 is 0 Å². The molecule has 14 heavy (non-hydrogen) atoms. The Hall–Kier alpha value is -1.65. The van der Waals surface area contributed by atoms with Gasteiger partial charge in [0.05, 0.1) is 18.1 Å². The Morgan fingerprint density at radius 3 is 2.43 bits per heavy atom. The topological polar surface area (TPSA) is 58.1 Å². The van der Waals surface area contributed by atoms with Gasteiger partial charge in [-0.15, -0.1) is 0 Å². The first-order valence-corrected chi connectivity index (χ1v) is 4.42. The molecule has 5 nitrogen and oxygen atoms in total. The molecule has 76 valence electrons. The van der Waals surface area contributed by atoms with E-state index in [1.54, 1.807) is 24.2 Å². The molecule has 0 aliphatic rings. The van der Waals surface area contributed by atoms with E-state index < -0.39 is 0 Å². The second-order valence-electron chi connectivity index (χ2n) is 3.07. The Bertz CT molecular complexity index is 307. The summed E-state index contributed by atoms with van der Waals surface area (Å²) in [5.41, 5.74) is 0.627. The molecular weight excluding hydrogens is 180 g/mol. The van der Waals surface area contributed by atoms with E-state index in [-0.39, 0.29) is 5.91 Å². The van der Waals surface area contributed by atoms with Gasteiger partial charge >= 0.3 is 0 Å². The maximum atomic E-state index is 11.0. The molecule has 1 rings (SSSR count). The summed E-state index contributed by atoms with van der Waals surface area (Å²) in [6.07, 6.45) is 3.64. The number of carbonyl (C=O) groups is 1. The van der Waals surface area contributed by atoms with Crippen molar-refractivity contribution in [2.75, 3.05) is 24.3 Å². The van der Waals surface area contributed by atoms with E-state index in [9.17, 15) is 4.79 Å². The van der Waals surface area contributed by atoms with Crippen LogP contribution in [-0.2, 0) is 4.79 Å². The average Bonchev–Trinajstić information content (AvgIpc) is 2.18. The zero-order valence-electron chi connectivity index (χ0n) is 8.61. The Balaban J connectivity index is 2.69. The molecule has 0 bridgehead atoms. The molecular formula is C9H14N4O. The highest BCUT2D eigenvalue weighted by Crippen LogP contribution is 2.07. The highest BCUT2D eigenvalue weighted by Gasteiger charge is 2.01. The van der Waals surface area contributed by atoms with Crippen LogP contribution in [-0.4, -0.2) is 30.0 Å². The van der Waals surface area contributed by atoms with Gasteiger partial charge in [0.1, 0.15) is 0 Å². The third-order valence-corrected chi connectivity index (χ3v) is 1.64. The molecule has 0 aliphatic carbocycles. The van der Waals surface area contributed by atoms with Gasteiger partial charge < -0.3 is 10.2 Å². The minimum atomic E-state index is -0.0359. The molecule has 1 aromatic rings.